The highest BCUT2D eigenvalue weighted by molar-refractivity contribution is 5.95. The van der Waals surface area contributed by atoms with Gasteiger partial charge in [0.25, 0.3) is 5.91 Å². The molecule has 1 fully saturated rings. The molecule has 1 amide bonds. The Labute approximate surface area is 87.6 Å². The highest BCUT2D eigenvalue weighted by atomic mass is 16.5. The lowest BCUT2D eigenvalue weighted by atomic mass is 10.0. The van der Waals surface area contributed by atoms with Crippen LogP contribution >= 0.6 is 0 Å². The van der Waals surface area contributed by atoms with Gasteiger partial charge in [-0.05, 0) is 24.6 Å². The van der Waals surface area contributed by atoms with Crippen LogP contribution in [0.5, 0.6) is 5.75 Å². The van der Waals surface area contributed by atoms with E-state index in [0.29, 0.717) is 0 Å². The van der Waals surface area contributed by atoms with Crippen molar-refractivity contribution in [3.8, 4) is 5.75 Å². The Morgan fingerprint density at radius 2 is 2.27 bits per heavy atom. The molecule has 0 saturated carbocycles. The smallest absolute Gasteiger partial charge is 0.262 e. The zero-order valence-corrected chi connectivity index (χ0v) is 8.46. The van der Waals surface area contributed by atoms with Crippen LogP contribution in [0, 0.1) is 0 Å². The second-order valence-electron chi connectivity index (χ2n) is 4.23. The lowest BCUT2D eigenvalue weighted by Crippen LogP contribution is -2.25. The molecule has 1 saturated heterocycles. The van der Waals surface area contributed by atoms with Gasteiger partial charge in [0.1, 0.15) is 5.75 Å². The summed E-state index contributed by atoms with van der Waals surface area (Å²) in [7, 11) is 0. The Morgan fingerprint density at radius 3 is 3.00 bits per heavy atom. The van der Waals surface area contributed by atoms with Gasteiger partial charge < -0.3 is 15.4 Å². The molecule has 1 aromatic rings. The topological polar surface area (TPSA) is 60.3 Å². The van der Waals surface area contributed by atoms with Gasteiger partial charge in [0.15, 0.2) is 6.61 Å². The van der Waals surface area contributed by atoms with Crippen molar-refractivity contribution in [3.05, 3.63) is 23.8 Å². The number of amides is 1. The largest absolute Gasteiger partial charge is 0.482 e. The van der Waals surface area contributed by atoms with Crippen LogP contribution in [0.25, 0.3) is 0 Å². The number of ether oxygens (including phenoxy) is 1. The number of carbonyl (C=O) groups is 1. The molecular formula is C11H12N2O2. The zero-order chi connectivity index (χ0) is 10.5. The predicted octanol–water partition coefficient (Wildman–Crippen LogP) is 0.836. The highest BCUT2D eigenvalue weighted by Crippen LogP contribution is 2.36. The minimum absolute atomic E-state index is 0.0806. The van der Waals surface area contributed by atoms with Gasteiger partial charge in [0.2, 0.25) is 0 Å². The number of benzene rings is 1. The minimum Gasteiger partial charge on any atom is -0.482 e. The van der Waals surface area contributed by atoms with Gasteiger partial charge in [0, 0.05) is 6.54 Å². The van der Waals surface area contributed by atoms with Crippen LogP contribution in [-0.4, -0.2) is 19.1 Å². The number of hydrogen-bond donors (Lipinski definition) is 2. The maximum Gasteiger partial charge on any atom is 0.262 e. The molecule has 4 nitrogen and oxygen atoms in total. The minimum atomic E-state index is -0.0893. The SMILES string of the molecule is CC1(c2ccc3c(c2)NC(=O)CO3)CN1. The molecule has 1 atom stereocenters. The summed E-state index contributed by atoms with van der Waals surface area (Å²) in [6.45, 7) is 3.24. The lowest BCUT2D eigenvalue weighted by molar-refractivity contribution is -0.118. The number of nitrogens with one attached hydrogen (secondary N) is 2. The van der Waals surface area contributed by atoms with Crippen LogP contribution in [0.4, 0.5) is 5.69 Å². The Kier molecular flexibility index (Phi) is 1.59. The van der Waals surface area contributed by atoms with Gasteiger partial charge in [0.05, 0.1) is 11.2 Å². The van der Waals surface area contributed by atoms with Gasteiger partial charge in [-0.2, -0.15) is 0 Å². The second kappa shape index (κ2) is 2.73. The van der Waals surface area contributed by atoms with Crippen molar-refractivity contribution in [2.24, 2.45) is 0 Å². The molecule has 2 heterocycles. The summed E-state index contributed by atoms with van der Waals surface area (Å²) >= 11 is 0. The lowest BCUT2D eigenvalue weighted by Gasteiger charge is -2.19. The van der Waals surface area contributed by atoms with Crippen LogP contribution < -0.4 is 15.4 Å². The van der Waals surface area contributed by atoms with Gasteiger partial charge in [-0.1, -0.05) is 6.07 Å². The molecular weight excluding hydrogens is 192 g/mol. The van der Waals surface area contributed by atoms with Gasteiger partial charge in [-0.3, -0.25) is 4.79 Å². The number of anilines is 1. The Hall–Kier alpha value is -1.55. The summed E-state index contributed by atoms with van der Waals surface area (Å²) < 4.78 is 5.29. The van der Waals surface area contributed by atoms with E-state index >= 15 is 0 Å². The van der Waals surface area contributed by atoms with E-state index in [4.69, 9.17) is 4.74 Å². The van der Waals surface area contributed by atoms with Crippen LogP contribution in [0.1, 0.15) is 12.5 Å². The Morgan fingerprint density at radius 1 is 1.47 bits per heavy atom. The fourth-order valence-electron chi connectivity index (χ4n) is 1.76. The first-order valence-electron chi connectivity index (χ1n) is 5.00. The quantitative estimate of drug-likeness (QED) is 0.666. The van der Waals surface area contributed by atoms with E-state index in [1.54, 1.807) is 0 Å². The van der Waals surface area contributed by atoms with E-state index in [-0.39, 0.29) is 18.1 Å². The third kappa shape index (κ3) is 1.37. The summed E-state index contributed by atoms with van der Waals surface area (Å²) in [4.78, 5) is 11.2. The average molecular weight is 204 g/mol. The molecule has 0 spiro atoms. The molecule has 78 valence electrons. The molecule has 0 aliphatic carbocycles. The Balaban J connectivity index is 2.01. The monoisotopic (exact) mass is 204 g/mol. The molecule has 1 unspecified atom stereocenters. The number of fused-ring (bicyclic) bond motifs is 1. The first-order valence-corrected chi connectivity index (χ1v) is 5.00. The molecule has 0 bridgehead atoms. The molecule has 2 aliphatic rings. The second-order valence-corrected chi connectivity index (χ2v) is 4.23. The standard InChI is InChI=1S/C11H12N2O2/c1-11(6-12-11)7-2-3-9-8(4-7)13-10(14)5-15-9/h2-4,12H,5-6H2,1H3,(H,13,14). The van der Waals surface area contributed by atoms with Crippen LogP contribution in [0.3, 0.4) is 0 Å². The molecule has 0 aromatic heterocycles. The van der Waals surface area contributed by atoms with Crippen LogP contribution in [-0.2, 0) is 10.3 Å². The number of carbonyl (C=O) groups excluding carboxylic acids is 1. The molecule has 0 radical (unpaired) electrons. The molecule has 2 aliphatic heterocycles. The average Bonchev–Trinajstić information content (AvgIpc) is 2.97. The van der Waals surface area contributed by atoms with E-state index < -0.39 is 0 Å². The van der Waals surface area contributed by atoms with Gasteiger partial charge >= 0.3 is 0 Å². The van der Waals surface area contributed by atoms with Crippen LogP contribution in [0.2, 0.25) is 0 Å². The van der Waals surface area contributed by atoms with Gasteiger partial charge in [-0.15, -0.1) is 0 Å². The van der Waals surface area contributed by atoms with E-state index in [0.717, 1.165) is 18.0 Å². The van der Waals surface area contributed by atoms with E-state index in [2.05, 4.69) is 17.6 Å². The first-order chi connectivity index (χ1) is 7.17. The summed E-state index contributed by atoms with van der Waals surface area (Å²) in [5.41, 5.74) is 2.04. The molecule has 15 heavy (non-hydrogen) atoms. The van der Waals surface area contributed by atoms with Crippen molar-refractivity contribution in [3.63, 3.8) is 0 Å². The first kappa shape index (κ1) is 8.73. The zero-order valence-electron chi connectivity index (χ0n) is 8.46. The van der Waals surface area contributed by atoms with Crippen molar-refractivity contribution >= 4 is 11.6 Å². The maximum absolute atomic E-state index is 11.2. The fraction of sp³-hybridized carbons (Fsp3) is 0.364. The summed E-state index contributed by atoms with van der Waals surface area (Å²) in [5, 5.41) is 6.10. The number of hydrogen-bond acceptors (Lipinski definition) is 3. The van der Waals surface area contributed by atoms with Crippen molar-refractivity contribution < 1.29 is 9.53 Å². The van der Waals surface area contributed by atoms with E-state index in [1.807, 2.05) is 18.2 Å². The van der Waals surface area contributed by atoms with E-state index in [9.17, 15) is 4.79 Å². The molecule has 3 rings (SSSR count). The van der Waals surface area contributed by atoms with Crippen molar-refractivity contribution in [2.75, 3.05) is 18.5 Å². The van der Waals surface area contributed by atoms with Gasteiger partial charge in [-0.25, -0.2) is 0 Å². The van der Waals surface area contributed by atoms with E-state index in [1.165, 1.54) is 5.56 Å². The maximum atomic E-state index is 11.2. The summed E-state index contributed by atoms with van der Waals surface area (Å²) in [6.07, 6.45) is 0. The summed E-state index contributed by atoms with van der Waals surface area (Å²) in [6, 6.07) is 5.93. The molecule has 4 heteroatoms. The normalized spacial score (nSPS) is 27.7. The third-order valence-corrected chi connectivity index (χ3v) is 2.96. The molecule has 2 N–H and O–H groups in total. The number of rotatable bonds is 1. The van der Waals surface area contributed by atoms with Crippen molar-refractivity contribution in [2.45, 2.75) is 12.5 Å². The summed E-state index contributed by atoms with van der Waals surface area (Å²) in [5.74, 6) is 0.663. The van der Waals surface area contributed by atoms with Crippen molar-refractivity contribution in [1.29, 1.82) is 0 Å². The highest BCUT2D eigenvalue weighted by Gasteiger charge is 2.38. The van der Waals surface area contributed by atoms with Crippen molar-refractivity contribution in [1.82, 2.24) is 5.32 Å². The fourth-order valence-corrected chi connectivity index (χ4v) is 1.76. The predicted molar refractivity (Wildman–Crippen MR) is 55.9 cm³/mol. The molecule has 1 aromatic carbocycles. The Bertz CT molecular complexity index is 438. The third-order valence-electron chi connectivity index (χ3n) is 2.96. The van der Waals surface area contributed by atoms with Crippen LogP contribution in [0.15, 0.2) is 18.2 Å².